The number of benzene rings is 1. The number of guanidine groups is 1. The number of aromatic nitrogens is 2. The predicted octanol–water partition coefficient (Wildman–Crippen LogP) is 2.90. The standard InChI is InChI=1S/C15H19Cl2N5/c1-18-15(20-6-8-22-7-5-19-11-22)21(2)10-12-3-4-13(16)14(17)9-12/h3-5,7,9,11H,6,8,10H2,1-2H3,(H,18,20). The molecular formula is C15H19Cl2N5. The van der Waals surface area contributed by atoms with Crippen LogP contribution in [0.15, 0.2) is 41.9 Å². The zero-order chi connectivity index (χ0) is 15.9. The van der Waals surface area contributed by atoms with Gasteiger partial charge in [0.25, 0.3) is 0 Å². The first-order valence-corrected chi connectivity index (χ1v) is 7.67. The third-order valence-corrected chi connectivity index (χ3v) is 3.93. The van der Waals surface area contributed by atoms with Crippen LogP contribution in [0.2, 0.25) is 10.0 Å². The van der Waals surface area contributed by atoms with E-state index in [1.807, 2.05) is 40.9 Å². The number of aliphatic imine (C=N–C) groups is 1. The third kappa shape index (κ3) is 4.64. The Labute approximate surface area is 140 Å². The summed E-state index contributed by atoms with van der Waals surface area (Å²) in [5, 5.41) is 4.45. The summed E-state index contributed by atoms with van der Waals surface area (Å²) >= 11 is 12.0. The number of nitrogens with zero attached hydrogens (tertiary/aromatic N) is 4. The second-order valence-corrected chi connectivity index (χ2v) is 5.69. The maximum Gasteiger partial charge on any atom is 0.193 e. The van der Waals surface area contributed by atoms with E-state index in [9.17, 15) is 0 Å². The normalized spacial score (nSPS) is 11.5. The Bertz CT molecular complexity index is 625. The van der Waals surface area contributed by atoms with Gasteiger partial charge in [-0.05, 0) is 17.7 Å². The van der Waals surface area contributed by atoms with E-state index in [4.69, 9.17) is 23.2 Å². The van der Waals surface area contributed by atoms with Crippen LogP contribution in [-0.4, -0.2) is 41.1 Å². The average Bonchev–Trinajstić information content (AvgIpc) is 3.00. The Morgan fingerprint density at radius 1 is 1.36 bits per heavy atom. The van der Waals surface area contributed by atoms with Crippen molar-refractivity contribution in [3.8, 4) is 0 Å². The van der Waals surface area contributed by atoms with Crippen molar-refractivity contribution in [1.29, 1.82) is 0 Å². The number of halogens is 2. The molecule has 5 nitrogen and oxygen atoms in total. The summed E-state index contributed by atoms with van der Waals surface area (Å²) < 4.78 is 2.01. The summed E-state index contributed by atoms with van der Waals surface area (Å²) in [7, 11) is 3.75. The second-order valence-electron chi connectivity index (χ2n) is 4.88. The van der Waals surface area contributed by atoms with Crippen LogP contribution in [0.25, 0.3) is 0 Å². The Kier molecular flexibility index (Phi) is 6.10. The van der Waals surface area contributed by atoms with Crippen LogP contribution in [-0.2, 0) is 13.1 Å². The Hall–Kier alpha value is -1.72. The first-order chi connectivity index (χ1) is 10.6. The smallest absolute Gasteiger partial charge is 0.193 e. The van der Waals surface area contributed by atoms with Crippen LogP contribution >= 0.6 is 23.2 Å². The molecule has 0 aliphatic carbocycles. The fraction of sp³-hybridized carbons (Fsp3) is 0.333. The molecule has 7 heteroatoms. The molecule has 0 fully saturated rings. The molecule has 1 heterocycles. The van der Waals surface area contributed by atoms with Crippen LogP contribution in [0, 0.1) is 0 Å². The molecule has 0 saturated carbocycles. The maximum atomic E-state index is 6.05. The van der Waals surface area contributed by atoms with Crippen molar-refractivity contribution in [1.82, 2.24) is 19.8 Å². The monoisotopic (exact) mass is 339 g/mol. The lowest BCUT2D eigenvalue weighted by Gasteiger charge is -2.22. The molecule has 0 aliphatic heterocycles. The molecule has 0 bridgehead atoms. The lowest BCUT2D eigenvalue weighted by molar-refractivity contribution is 0.473. The highest BCUT2D eigenvalue weighted by Gasteiger charge is 2.07. The van der Waals surface area contributed by atoms with E-state index in [0.717, 1.165) is 24.6 Å². The lowest BCUT2D eigenvalue weighted by Crippen LogP contribution is -2.39. The van der Waals surface area contributed by atoms with Gasteiger partial charge in [0.2, 0.25) is 0 Å². The van der Waals surface area contributed by atoms with Gasteiger partial charge in [-0.1, -0.05) is 29.3 Å². The van der Waals surface area contributed by atoms with Gasteiger partial charge in [0.05, 0.1) is 16.4 Å². The van der Waals surface area contributed by atoms with E-state index in [2.05, 4.69) is 15.3 Å². The second kappa shape index (κ2) is 8.06. The molecule has 0 unspecified atom stereocenters. The van der Waals surface area contributed by atoms with Crippen LogP contribution < -0.4 is 5.32 Å². The molecule has 0 aliphatic rings. The van der Waals surface area contributed by atoms with Crippen molar-refractivity contribution in [3.63, 3.8) is 0 Å². The van der Waals surface area contributed by atoms with Crippen LogP contribution in [0.5, 0.6) is 0 Å². The summed E-state index contributed by atoms with van der Waals surface area (Å²) in [6.45, 7) is 2.30. The van der Waals surface area contributed by atoms with E-state index in [-0.39, 0.29) is 0 Å². The Balaban J connectivity index is 1.88. The summed E-state index contributed by atoms with van der Waals surface area (Å²) in [6.07, 6.45) is 5.50. The Morgan fingerprint density at radius 2 is 2.18 bits per heavy atom. The molecule has 2 aromatic rings. The van der Waals surface area contributed by atoms with E-state index >= 15 is 0 Å². The maximum absolute atomic E-state index is 6.05. The molecule has 1 N–H and O–H groups in total. The summed E-state index contributed by atoms with van der Waals surface area (Å²) in [5.74, 6) is 0.825. The molecule has 118 valence electrons. The van der Waals surface area contributed by atoms with Gasteiger partial charge < -0.3 is 14.8 Å². The third-order valence-electron chi connectivity index (χ3n) is 3.19. The van der Waals surface area contributed by atoms with Gasteiger partial charge in [0.1, 0.15) is 0 Å². The highest BCUT2D eigenvalue weighted by atomic mass is 35.5. The largest absolute Gasteiger partial charge is 0.354 e. The van der Waals surface area contributed by atoms with Gasteiger partial charge in [-0.15, -0.1) is 0 Å². The fourth-order valence-electron chi connectivity index (χ4n) is 2.09. The molecule has 22 heavy (non-hydrogen) atoms. The van der Waals surface area contributed by atoms with Crippen LogP contribution in [0.3, 0.4) is 0 Å². The van der Waals surface area contributed by atoms with E-state index in [0.29, 0.717) is 16.6 Å². The lowest BCUT2D eigenvalue weighted by atomic mass is 10.2. The SMILES string of the molecule is CN=C(NCCn1ccnc1)N(C)Cc1ccc(Cl)c(Cl)c1. The minimum absolute atomic E-state index is 0.565. The first kappa shape index (κ1) is 16.6. The van der Waals surface area contributed by atoms with Gasteiger partial charge in [-0.3, -0.25) is 4.99 Å². The molecule has 1 aromatic carbocycles. The van der Waals surface area contributed by atoms with Crippen molar-refractivity contribution in [3.05, 3.63) is 52.5 Å². The molecule has 0 radical (unpaired) electrons. The number of rotatable bonds is 5. The van der Waals surface area contributed by atoms with Crippen molar-refractivity contribution >= 4 is 29.2 Å². The molecule has 0 amide bonds. The van der Waals surface area contributed by atoms with E-state index < -0.39 is 0 Å². The number of imidazole rings is 1. The first-order valence-electron chi connectivity index (χ1n) is 6.91. The van der Waals surface area contributed by atoms with Crippen molar-refractivity contribution in [2.45, 2.75) is 13.1 Å². The molecule has 1 aromatic heterocycles. The van der Waals surface area contributed by atoms with Crippen molar-refractivity contribution in [2.24, 2.45) is 4.99 Å². The van der Waals surface area contributed by atoms with Crippen LogP contribution in [0.4, 0.5) is 0 Å². The number of nitrogens with one attached hydrogen (secondary N) is 1. The highest BCUT2D eigenvalue weighted by Crippen LogP contribution is 2.23. The van der Waals surface area contributed by atoms with E-state index in [1.54, 1.807) is 19.6 Å². The van der Waals surface area contributed by atoms with Crippen molar-refractivity contribution < 1.29 is 0 Å². The van der Waals surface area contributed by atoms with Gasteiger partial charge in [0, 0.05) is 46.1 Å². The number of hydrogen-bond donors (Lipinski definition) is 1. The zero-order valence-electron chi connectivity index (χ0n) is 12.6. The van der Waals surface area contributed by atoms with Gasteiger partial charge in [0.15, 0.2) is 5.96 Å². The highest BCUT2D eigenvalue weighted by molar-refractivity contribution is 6.42. The molecular weight excluding hydrogens is 321 g/mol. The predicted molar refractivity (Wildman–Crippen MR) is 91.5 cm³/mol. The molecule has 0 spiro atoms. The Morgan fingerprint density at radius 3 is 2.82 bits per heavy atom. The van der Waals surface area contributed by atoms with Gasteiger partial charge in [-0.2, -0.15) is 0 Å². The quantitative estimate of drug-likeness (QED) is 0.672. The molecule has 2 rings (SSSR count). The molecule has 0 saturated heterocycles. The van der Waals surface area contributed by atoms with Crippen LogP contribution in [0.1, 0.15) is 5.56 Å². The minimum Gasteiger partial charge on any atom is -0.354 e. The summed E-state index contributed by atoms with van der Waals surface area (Å²) in [6, 6.07) is 5.64. The molecule has 0 atom stereocenters. The van der Waals surface area contributed by atoms with Gasteiger partial charge in [-0.25, -0.2) is 4.98 Å². The number of hydrogen-bond acceptors (Lipinski definition) is 2. The van der Waals surface area contributed by atoms with Gasteiger partial charge >= 0.3 is 0 Å². The topological polar surface area (TPSA) is 45.5 Å². The van der Waals surface area contributed by atoms with Crippen molar-refractivity contribution in [2.75, 3.05) is 20.6 Å². The zero-order valence-corrected chi connectivity index (χ0v) is 14.1. The van der Waals surface area contributed by atoms with E-state index in [1.165, 1.54) is 0 Å². The fourth-order valence-corrected chi connectivity index (χ4v) is 2.41. The average molecular weight is 340 g/mol. The minimum atomic E-state index is 0.565. The summed E-state index contributed by atoms with van der Waals surface area (Å²) in [4.78, 5) is 10.3. The summed E-state index contributed by atoms with van der Waals surface area (Å²) in [5.41, 5.74) is 1.08.